The van der Waals surface area contributed by atoms with Crippen molar-refractivity contribution in [3.63, 3.8) is 0 Å². The van der Waals surface area contributed by atoms with Gasteiger partial charge in [0.15, 0.2) is 5.75 Å². The van der Waals surface area contributed by atoms with Gasteiger partial charge in [-0.25, -0.2) is 8.78 Å². The molecule has 0 spiro atoms. The Hall–Kier alpha value is -1.41. The molecule has 0 aromatic carbocycles. The van der Waals surface area contributed by atoms with E-state index in [-0.39, 0.29) is 16.3 Å². The Bertz CT molecular complexity index is 390. The van der Waals surface area contributed by atoms with Crippen LogP contribution in [0.5, 0.6) is 5.75 Å². The average Bonchev–Trinajstić information content (AvgIpc) is 2.16. The molecule has 0 radical (unpaired) electrons. The van der Waals surface area contributed by atoms with Crippen molar-refractivity contribution in [2.24, 2.45) is 0 Å². The highest BCUT2D eigenvalue weighted by molar-refractivity contribution is 6.32. The number of nitriles is 1. The van der Waals surface area contributed by atoms with Gasteiger partial charge in [-0.05, 0) is 0 Å². The zero-order valence-electron chi connectivity index (χ0n) is 7.09. The van der Waals surface area contributed by atoms with Crippen LogP contribution in [0.15, 0.2) is 6.20 Å². The third-order valence-corrected chi connectivity index (χ3v) is 1.90. The largest absolute Gasteiger partial charge is 0.494 e. The second kappa shape index (κ2) is 4.20. The first-order valence-electron chi connectivity index (χ1n) is 3.52. The van der Waals surface area contributed by atoms with Crippen molar-refractivity contribution in [3.8, 4) is 11.8 Å². The molecule has 0 atom stereocenters. The second-order valence-electron chi connectivity index (χ2n) is 2.32. The molecule has 0 N–H and O–H groups in total. The predicted molar refractivity (Wildman–Crippen MR) is 45.5 cm³/mol. The number of pyridine rings is 1. The van der Waals surface area contributed by atoms with Gasteiger partial charge in [0, 0.05) is 6.20 Å². The molecule has 1 aromatic heterocycles. The molecule has 0 saturated heterocycles. The summed E-state index contributed by atoms with van der Waals surface area (Å²) in [6.45, 7) is 0. The molecule has 1 heterocycles. The van der Waals surface area contributed by atoms with E-state index < -0.39 is 12.1 Å². The molecule has 0 aliphatic carbocycles. The molecule has 6 heteroatoms. The minimum atomic E-state index is -2.79. The molecule has 1 rings (SSSR count). The van der Waals surface area contributed by atoms with Crippen LogP contribution in [0.2, 0.25) is 5.02 Å². The molecule has 0 aliphatic rings. The number of halogens is 3. The van der Waals surface area contributed by atoms with Crippen molar-refractivity contribution in [2.45, 2.75) is 6.43 Å². The van der Waals surface area contributed by atoms with Gasteiger partial charge >= 0.3 is 0 Å². The lowest BCUT2D eigenvalue weighted by atomic mass is 10.2. The number of rotatable bonds is 2. The fraction of sp³-hybridized carbons (Fsp3) is 0.250. The van der Waals surface area contributed by atoms with Crippen LogP contribution in [0, 0.1) is 11.3 Å². The fourth-order valence-electron chi connectivity index (χ4n) is 0.915. The standard InChI is InChI=1S/C8H5ClF2N2O/c1-14-7-4(2-12)3-13-6(5(7)9)8(10)11/h3,8H,1H3. The van der Waals surface area contributed by atoms with Crippen molar-refractivity contribution in [1.29, 1.82) is 5.26 Å². The predicted octanol–water partition coefficient (Wildman–Crippen LogP) is 2.55. The first-order chi connectivity index (χ1) is 6.61. The third-order valence-electron chi connectivity index (χ3n) is 1.53. The van der Waals surface area contributed by atoms with Crippen LogP contribution in [0.1, 0.15) is 17.7 Å². The highest BCUT2D eigenvalue weighted by Gasteiger charge is 2.19. The van der Waals surface area contributed by atoms with Crippen LogP contribution in [-0.2, 0) is 0 Å². The number of ether oxygens (including phenoxy) is 1. The van der Waals surface area contributed by atoms with Gasteiger partial charge in [-0.15, -0.1) is 0 Å². The Morgan fingerprint density at radius 2 is 2.29 bits per heavy atom. The van der Waals surface area contributed by atoms with E-state index >= 15 is 0 Å². The lowest BCUT2D eigenvalue weighted by Crippen LogP contribution is -1.97. The highest BCUT2D eigenvalue weighted by atomic mass is 35.5. The van der Waals surface area contributed by atoms with Crippen molar-refractivity contribution in [2.75, 3.05) is 7.11 Å². The van der Waals surface area contributed by atoms with Crippen LogP contribution in [0.4, 0.5) is 8.78 Å². The topological polar surface area (TPSA) is 45.9 Å². The summed E-state index contributed by atoms with van der Waals surface area (Å²) in [6, 6.07) is 1.74. The van der Waals surface area contributed by atoms with Gasteiger partial charge in [0.2, 0.25) is 0 Å². The lowest BCUT2D eigenvalue weighted by Gasteiger charge is -2.08. The Labute approximate surface area is 83.9 Å². The van der Waals surface area contributed by atoms with Gasteiger partial charge in [-0.1, -0.05) is 11.6 Å². The van der Waals surface area contributed by atoms with Crippen molar-refractivity contribution in [1.82, 2.24) is 4.98 Å². The summed E-state index contributed by atoms with van der Waals surface area (Å²) in [5.74, 6) is -0.0699. The monoisotopic (exact) mass is 218 g/mol. The summed E-state index contributed by atoms with van der Waals surface area (Å²) in [5.41, 5.74) is -0.551. The Morgan fingerprint density at radius 3 is 2.71 bits per heavy atom. The zero-order valence-corrected chi connectivity index (χ0v) is 7.85. The molecular formula is C8H5ClF2N2O. The Balaban J connectivity index is 3.37. The third kappa shape index (κ3) is 1.75. The first-order valence-corrected chi connectivity index (χ1v) is 3.90. The molecule has 0 aliphatic heterocycles. The number of aromatic nitrogens is 1. The summed E-state index contributed by atoms with van der Waals surface area (Å²) in [6.07, 6.45) is -1.78. The van der Waals surface area contributed by atoms with Crippen LogP contribution in [0.3, 0.4) is 0 Å². The SMILES string of the molecule is COc1c(C#N)cnc(C(F)F)c1Cl. The normalized spacial score (nSPS) is 10.0. The maximum atomic E-state index is 12.3. The van der Waals surface area contributed by atoms with E-state index in [2.05, 4.69) is 4.98 Å². The molecule has 3 nitrogen and oxygen atoms in total. The van der Waals surface area contributed by atoms with Gasteiger partial charge in [-0.2, -0.15) is 5.26 Å². The van der Waals surface area contributed by atoms with Crippen molar-refractivity contribution in [3.05, 3.63) is 22.5 Å². The highest BCUT2D eigenvalue weighted by Crippen LogP contribution is 2.34. The molecule has 1 aromatic rings. The summed E-state index contributed by atoms with van der Waals surface area (Å²) >= 11 is 5.57. The van der Waals surface area contributed by atoms with Gasteiger partial charge in [0.1, 0.15) is 22.3 Å². The molecule has 74 valence electrons. The average molecular weight is 219 g/mol. The van der Waals surface area contributed by atoms with E-state index in [0.29, 0.717) is 0 Å². The van der Waals surface area contributed by atoms with Crippen molar-refractivity contribution >= 4 is 11.6 Å². The Kier molecular flexibility index (Phi) is 3.20. The molecule has 0 saturated carbocycles. The molecular weight excluding hydrogens is 214 g/mol. The number of hydrogen-bond donors (Lipinski definition) is 0. The second-order valence-corrected chi connectivity index (χ2v) is 2.69. The number of methoxy groups -OCH3 is 1. The van der Waals surface area contributed by atoms with Gasteiger partial charge in [0.25, 0.3) is 6.43 Å². The molecule has 0 unspecified atom stereocenters. The van der Waals surface area contributed by atoms with Crippen LogP contribution in [-0.4, -0.2) is 12.1 Å². The van der Waals surface area contributed by atoms with Gasteiger partial charge in [0.05, 0.1) is 7.11 Å². The first kappa shape index (κ1) is 10.7. The fourth-order valence-corrected chi connectivity index (χ4v) is 1.23. The van der Waals surface area contributed by atoms with Crippen molar-refractivity contribution < 1.29 is 13.5 Å². The van der Waals surface area contributed by atoms with E-state index in [1.807, 2.05) is 0 Å². The number of hydrogen-bond acceptors (Lipinski definition) is 3. The minimum absolute atomic E-state index is 0.0295. The van der Waals surface area contributed by atoms with Crippen LogP contribution in [0.25, 0.3) is 0 Å². The Morgan fingerprint density at radius 1 is 1.64 bits per heavy atom. The summed E-state index contributed by atoms with van der Waals surface area (Å²) in [4.78, 5) is 3.37. The van der Waals surface area contributed by atoms with E-state index in [1.54, 1.807) is 6.07 Å². The number of alkyl halides is 2. The maximum Gasteiger partial charge on any atom is 0.281 e. The van der Waals surface area contributed by atoms with Crippen LogP contribution >= 0.6 is 11.6 Å². The van der Waals surface area contributed by atoms with E-state index in [0.717, 1.165) is 6.20 Å². The summed E-state index contributed by atoms with van der Waals surface area (Å²) in [5, 5.41) is 8.27. The smallest absolute Gasteiger partial charge is 0.281 e. The quantitative estimate of drug-likeness (QED) is 0.766. The molecule has 14 heavy (non-hydrogen) atoms. The minimum Gasteiger partial charge on any atom is -0.494 e. The van der Waals surface area contributed by atoms with E-state index in [9.17, 15) is 8.78 Å². The summed E-state index contributed by atoms with van der Waals surface area (Å²) < 4.78 is 29.3. The summed E-state index contributed by atoms with van der Waals surface area (Å²) in [7, 11) is 1.25. The molecule has 0 bridgehead atoms. The molecule has 0 amide bonds. The maximum absolute atomic E-state index is 12.3. The zero-order chi connectivity index (χ0) is 10.7. The van der Waals surface area contributed by atoms with Gasteiger partial charge < -0.3 is 4.74 Å². The lowest BCUT2D eigenvalue weighted by molar-refractivity contribution is 0.145. The van der Waals surface area contributed by atoms with Gasteiger partial charge in [-0.3, -0.25) is 4.98 Å². The van der Waals surface area contributed by atoms with Crippen LogP contribution < -0.4 is 4.74 Å². The number of nitrogens with zero attached hydrogens (tertiary/aromatic N) is 2. The molecule has 0 fully saturated rings. The van der Waals surface area contributed by atoms with E-state index in [4.69, 9.17) is 21.6 Å². The van der Waals surface area contributed by atoms with E-state index in [1.165, 1.54) is 7.11 Å².